The zero-order valence-electron chi connectivity index (χ0n) is 11.6. The molecule has 1 aliphatic heterocycles. The van der Waals surface area contributed by atoms with Crippen LogP contribution in [0, 0.1) is 12.8 Å². The molecule has 0 bridgehead atoms. The number of H-pyrrole nitrogens is 1. The Morgan fingerprint density at radius 2 is 2.05 bits per heavy atom. The summed E-state index contributed by atoms with van der Waals surface area (Å²) >= 11 is 0. The van der Waals surface area contributed by atoms with Gasteiger partial charge in [-0.15, -0.1) is 0 Å². The van der Waals surface area contributed by atoms with Gasteiger partial charge in [0, 0.05) is 18.8 Å². The third-order valence-corrected chi connectivity index (χ3v) is 5.69. The lowest BCUT2D eigenvalue weighted by molar-refractivity contribution is 0.0691. The van der Waals surface area contributed by atoms with Gasteiger partial charge in [-0.05, 0) is 25.7 Å². The van der Waals surface area contributed by atoms with Crippen LogP contribution in [0.3, 0.4) is 0 Å². The number of nitrogens with zero attached hydrogens (tertiary/aromatic N) is 2. The fourth-order valence-corrected chi connectivity index (χ4v) is 4.12. The Labute approximate surface area is 118 Å². The van der Waals surface area contributed by atoms with Crippen LogP contribution in [0.1, 0.15) is 42.2 Å². The van der Waals surface area contributed by atoms with E-state index in [4.69, 9.17) is 5.11 Å². The number of aromatic nitrogens is 2. The number of carboxylic acid groups (broad SMARTS) is 1. The van der Waals surface area contributed by atoms with Crippen molar-refractivity contribution in [3.8, 4) is 0 Å². The van der Waals surface area contributed by atoms with E-state index < -0.39 is 16.0 Å². The fourth-order valence-electron chi connectivity index (χ4n) is 2.53. The normalized spacial score (nSPS) is 18.3. The molecule has 2 rings (SSSR count). The van der Waals surface area contributed by atoms with Gasteiger partial charge >= 0.3 is 5.97 Å². The molecule has 1 aromatic heterocycles. The number of aromatic amines is 1. The average molecular weight is 301 g/mol. The minimum Gasteiger partial charge on any atom is -0.478 e. The van der Waals surface area contributed by atoms with Crippen LogP contribution in [-0.4, -0.2) is 47.1 Å². The number of hydrogen-bond acceptors (Lipinski definition) is 4. The Kier molecular flexibility index (Phi) is 4.14. The highest BCUT2D eigenvalue weighted by atomic mass is 32.2. The van der Waals surface area contributed by atoms with Crippen molar-refractivity contribution in [1.82, 2.24) is 14.5 Å². The maximum absolute atomic E-state index is 12.5. The Morgan fingerprint density at radius 1 is 1.45 bits per heavy atom. The summed E-state index contributed by atoms with van der Waals surface area (Å²) in [6.07, 6.45) is 2.65. The van der Waals surface area contributed by atoms with Crippen molar-refractivity contribution in [1.29, 1.82) is 0 Å². The van der Waals surface area contributed by atoms with Crippen molar-refractivity contribution in [2.75, 3.05) is 13.1 Å². The number of carboxylic acids is 1. The number of piperidine rings is 1. The number of rotatable bonds is 4. The first-order valence-corrected chi connectivity index (χ1v) is 8.10. The predicted octanol–water partition coefficient (Wildman–Crippen LogP) is 1.23. The second-order valence-electron chi connectivity index (χ2n) is 5.09. The maximum atomic E-state index is 12.5. The van der Waals surface area contributed by atoms with Gasteiger partial charge < -0.3 is 5.11 Å². The highest BCUT2D eigenvalue weighted by Gasteiger charge is 2.35. The van der Waals surface area contributed by atoms with Crippen LogP contribution >= 0.6 is 0 Å². The van der Waals surface area contributed by atoms with E-state index in [-0.39, 0.29) is 16.3 Å². The molecule has 0 aliphatic carbocycles. The Hall–Kier alpha value is -1.41. The summed E-state index contributed by atoms with van der Waals surface area (Å²) in [5.41, 5.74) is -0.0119. The summed E-state index contributed by atoms with van der Waals surface area (Å²) in [7, 11) is -3.84. The van der Waals surface area contributed by atoms with Gasteiger partial charge in [0.25, 0.3) is 10.0 Å². The summed E-state index contributed by atoms with van der Waals surface area (Å²) in [6, 6.07) is 0. The third kappa shape index (κ3) is 2.57. The van der Waals surface area contributed by atoms with E-state index in [0.29, 0.717) is 19.0 Å². The van der Waals surface area contributed by atoms with E-state index in [1.807, 2.05) is 0 Å². The molecule has 2 N–H and O–H groups in total. The van der Waals surface area contributed by atoms with Gasteiger partial charge in [0.1, 0.15) is 5.56 Å². The maximum Gasteiger partial charge on any atom is 0.340 e. The van der Waals surface area contributed by atoms with Crippen LogP contribution in [0.2, 0.25) is 0 Å². The molecule has 0 unspecified atom stereocenters. The first-order chi connectivity index (χ1) is 9.37. The molecule has 1 aliphatic rings. The molecule has 1 saturated heterocycles. The first-order valence-electron chi connectivity index (χ1n) is 6.66. The van der Waals surface area contributed by atoms with Crippen LogP contribution < -0.4 is 0 Å². The SMILES string of the molecule is CCC1CCN(S(=O)(=O)c2n[nH]c(C)c2C(=O)O)CC1. The van der Waals surface area contributed by atoms with E-state index >= 15 is 0 Å². The minimum atomic E-state index is -3.84. The molecule has 0 saturated carbocycles. The third-order valence-electron chi connectivity index (χ3n) is 3.86. The van der Waals surface area contributed by atoms with E-state index in [0.717, 1.165) is 19.3 Å². The summed E-state index contributed by atoms with van der Waals surface area (Å²) < 4.78 is 26.3. The molecule has 0 spiro atoms. The molecular formula is C12H19N3O4S. The summed E-state index contributed by atoms with van der Waals surface area (Å²) in [5.74, 6) is -0.736. The van der Waals surface area contributed by atoms with Gasteiger partial charge in [-0.2, -0.15) is 9.40 Å². The number of aryl methyl sites for hydroxylation is 1. The van der Waals surface area contributed by atoms with Gasteiger partial charge in [0.05, 0.1) is 0 Å². The highest BCUT2D eigenvalue weighted by molar-refractivity contribution is 7.89. The van der Waals surface area contributed by atoms with Crippen LogP contribution in [0.15, 0.2) is 5.03 Å². The van der Waals surface area contributed by atoms with Crippen LogP contribution in [0.25, 0.3) is 0 Å². The zero-order valence-corrected chi connectivity index (χ0v) is 12.4. The molecule has 1 fully saturated rings. The Balaban J connectivity index is 2.30. The van der Waals surface area contributed by atoms with Crippen molar-refractivity contribution in [2.45, 2.75) is 38.1 Å². The topological polar surface area (TPSA) is 103 Å². The summed E-state index contributed by atoms with van der Waals surface area (Å²) in [4.78, 5) is 11.2. The number of nitrogens with one attached hydrogen (secondary N) is 1. The molecule has 20 heavy (non-hydrogen) atoms. The van der Waals surface area contributed by atoms with Crippen molar-refractivity contribution in [3.05, 3.63) is 11.3 Å². The highest BCUT2D eigenvalue weighted by Crippen LogP contribution is 2.26. The molecule has 8 heteroatoms. The molecule has 112 valence electrons. The lowest BCUT2D eigenvalue weighted by Crippen LogP contribution is -2.39. The first kappa shape index (κ1) is 15.0. The van der Waals surface area contributed by atoms with Gasteiger partial charge in [-0.25, -0.2) is 13.2 Å². The molecule has 0 aromatic carbocycles. The fraction of sp³-hybridized carbons (Fsp3) is 0.667. The molecule has 0 amide bonds. The molecule has 1 aromatic rings. The predicted molar refractivity (Wildman–Crippen MR) is 72.1 cm³/mol. The largest absolute Gasteiger partial charge is 0.478 e. The number of carbonyl (C=O) groups is 1. The zero-order chi connectivity index (χ0) is 14.9. The van der Waals surface area contributed by atoms with Gasteiger partial charge in [-0.3, -0.25) is 5.10 Å². The van der Waals surface area contributed by atoms with Gasteiger partial charge in [0.15, 0.2) is 0 Å². The minimum absolute atomic E-state index is 0.250. The second kappa shape index (κ2) is 5.53. The number of sulfonamides is 1. The lowest BCUT2D eigenvalue weighted by Gasteiger charge is -2.30. The van der Waals surface area contributed by atoms with Gasteiger partial charge in [-0.1, -0.05) is 13.3 Å². The summed E-state index contributed by atoms with van der Waals surface area (Å²) in [5, 5.41) is 14.9. The van der Waals surface area contributed by atoms with Gasteiger partial charge in [0.2, 0.25) is 5.03 Å². The second-order valence-corrected chi connectivity index (χ2v) is 6.94. The quantitative estimate of drug-likeness (QED) is 0.870. The van der Waals surface area contributed by atoms with Crippen molar-refractivity contribution in [3.63, 3.8) is 0 Å². The van der Waals surface area contributed by atoms with E-state index in [9.17, 15) is 13.2 Å². The molecule has 7 nitrogen and oxygen atoms in total. The standard InChI is InChI=1S/C12H19N3O4S/c1-3-9-4-6-15(7-5-9)20(18,19)11-10(12(16)17)8(2)13-14-11/h9H,3-7H2,1-2H3,(H,13,14)(H,16,17). The average Bonchev–Trinajstić information content (AvgIpc) is 2.81. The van der Waals surface area contributed by atoms with Crippen LogP contribution in [0.5, 0.6) is 0 Å². The van der Waals surface area contributed by atoms with E-state index in [1.54, 1.807) is 0 Å². The monoisotopic (exact) mass is 301 g/mol. The van der Waals surface area contributed by atoms with E-state index in [1.165, 1.54) is 11.2 Å². The smallest absolute Gasteiger partial charge is 0.340 e. The van der Waals surface area contributed by atoms with E-state index in [2.05, 4.69) is 17.1 Å². The van der Waals surface area contributed by atoms with Crippen molar-refractivity contribution in [2.24, 2.45) is 5.92 Å². The van der Waals surface area contributed by atoms with Crippen molar-refractivity contribution < 1.29 is 18.3 Å². The van der Waals surface area contributed by atoms with Crippen molar-refractivity contribution >= 4 is 16.0 Å². The van der Waals surface area contributed by atoms with Crippen LogP contribution in [-0.2, 0) is 10.0 Å². The number of hydrogen-bond donors (Lipinski definition) is 2. The number of aromatic carboxylic acids is 1. The molecule has 0 radical (unpaired) electrons. The molecular weight excluding hydrogens is 282 g/mol. The summed E-state index contributed by atoms with van der Waals surface area (Å²) in [6.45, 7) is 4.44. The molecule has 2 heterocycles. The Morgan fingerprint density at radius 3 is 2.55 bits per heavy atom. The lowest BCUT2D eigenvalue weighted by atomic mass is 9.96. The van der Waals surface area contributed by atoms with Crippen LogP contribution in [0.4, 0.5) is 0 Å². The molecule has 0 atom stereocenters. The Bertz CT molecular complexity index is 600.